The van der Waals surface area contributed by atoms with Crippen LogP contribution >= 0.6 is 11.3 Å². The Kier molecular flexibility index (Phi) is 7.30. The van der Waals surface area contributed by atoms with Gasteiger partial charge in [-0.3, -0.25) is 4.79 Å². The Balaban J connectivity index is 1.46. The highest BCUT2D eigenvalue weighted by Crippen LogP contribution is 2.24. The molecule has 0 unspecified atom stereocenters. The Hall–Kier alpha value is -2.82. The van der Waals surface area contributed by atoms with Crippen molar-refractivity contribution in [1.29, 1.82) is 0 Å². The fraction of sp³-hybridized carbons (Fsp3) is 0.375. The number of hydrogen-bond donors (Lipinski definition) is 1. The number of imidazole rings is 1. The minimum atomic E-state index is -3.56. The number of benzene rings is 2. The van der Waals surface area contributed by atoms with Crippen molar-refractivity contribution in [1.82, 2.24) is 24.2 Å². The topological polar surface area (TPSA) is 97.2 Å². The SMILES string of the molecule is CCN(CC)S(=O)(=O)c1ccc2c(c1)nc(CCC(=O)NCc1nc3ccccc3s1)n2CC. The van der Waals surface area contributed by atoms with E-state index in [4.69, 9.17) is 0 Å². The highest BCUT2D eigenvalue weighted by atomic mass is 32.2. The predicted molar refractivity (Wildman–Crippen MR) is 135 cm³/mol. The summed E-state index contributed by atoms with van der Waals surface area (Å²) in [4.78, 5) is 22.0. The van der Waals surface area contributed by atoms with Gasteiger partial charge >= 0.3 is 0 Å². The molecule has 0 fully saturated rings. The van der Waals surface area contributed by atoms with Gasteiger partial charge in [-0.1, -0.05) is 26.0 Å². The Morgan fingerprint density at radius 3 is 2.53 bits per heavy atom. The van der Waals surface area contributed by atoms with Gasteiger partial charge in [0.2, 0.25) is 15.9 Å². The number of aryl methyl sites for hydroxylation is 2. The molecule has 8 nitrogen and oxygen atoms in total. The molecule has 34 heavy (non-hydrogen) atoms. The van der Waals surface area contributed by atoms with Gasteiger partial charge in [-0.25, -0.2) is 18.4 Å². The number of para-hydroxylation sites is 1. The second kappa shape index (κ2) is 10.2. The first-order valence-corrected chi connectivity index (χ1v) is 13.7. The summed E-state index contributed by atoms with van der Waals surface area (Å²) in [7, 11) is -3.56. The predicted octanol–water partition coefficient (Wildman–Crippen LogP) is 3.95. The minimum Gasteiger partial charge on any atom is -0.350 e. The van der Waals surface area contributed by atoms with Gasteiger partial charge in [-0.05, 0) is 37.3 Å². The van der Waals surface area contributed by atoms with E-state index in [1.807, 2.05) is 49.6 Å². The Morgan fingerprint density at radius 1 is 1.06 bits per heavy atom. The van der Waals surface area contributed by atoms with Crippen LogP contribution in [-0.2, 0) is 34.3 Å². The zero-order chi connectivity index (χ0) is 24.3. The van der Waals surface area contributed by atoms with Crippen molar-refractivity contribution < 1.29 is 13.2 Å². The van der Waals surface area contributed by atoms with Crippen molar-refractivity contribution in [2.75, 3.05) is 13.1 Å². The molecule has 0 atom stereocenters. The van der Waals surface area contributed by atoms with Crippen LogP contribution in [0.3, 0.4) is 0 Å². The Bertz CT molecular complexity index is 1390. The lowest BCUT2D eigenvalue weighted by molar-refractivity contribution is -0.121. The van der Waals surface area contributed by atoms with Gasteiger partial charge in [-0.15, -0.1) is 11.3 Å². The summed E-state index contributed by atoms with van der Waals surface area (Å²) in [6, 6.07) is 13.0. The summed E-state index contributed by atoms with van der Waals surface area (Å²) in [5, 5.41) is 3.82. The number of nitrogens with zero attached hydrogens (tertiary/aromatic N) is 4. The fourth-order valence-corrected chi connectivity index (χ4v) is 6.45. The van der Waals surface area contributed by atoms with Gasteiger partial charge in [0, 0.05) is 32.5 Å². The van der Waals surface area contributed by atoms with E-state index in [9.17, 15) is 13.2 Å². The number of nitrogens with one attached hydrogen (secondary N) is 1. The molecule has 0 aliphatic heterocycles. The van der Waals surface area contributed by atoms with Crippen molar-refractivity contribution in [2.45, 2.75) is 51.6 Å². The molecule has 0 radical (unpaired) electrons. The maximum atomic E-state index is 12.9. The summed E-state index contributed by atoms with van der Waals surface area (Å²) < 4.78 is 30.4. The molecule has 4 rings (SSSR count). The lowest BCUT2D eigenvalue weighted by Gasteiger charge is -2.18. The number of carbonyl (C=O) groups is 1. The molecule has 0 saturated carbocycles. The first-order chi connectivity index (χ1) is 16.4. The van der Waals surface area contributed by atoms with Gasteiger partial charge < -0.3 is 9.88 Å². The standard InChI is InChI=1S/C24H29N5O3S2/c1-4-28(5-2)34(31,32)17-11-12-20-19(15-17)26-22(29(20)6-3)13-14-23(30)25-16-24-27-18-9-7-8-10-21(18)33-24/h7-12,15H,4-6,13-14,16H2,1-3H3,(H,25,30). The third kappa shape index (κ3) is 4.84. The molecule has 0 spiro atoms. The van der Waals surface area contributed by atoms with Crippen LogP contribution in [-0.4, -0.2) is 46.3 Å². The molecular weight excluding hydrogens is 470 g/mol. The van der Waals surface area contributed by atoms with Crippen molar-refractivity contribution >= 4 is 48.5 Å². The van der Waals surface area contributed by atoms with Crippen molar-refractivity contribution in [3.63, 3.8) is 0 Å². The minimum absolute atomic E-state index is 0.0706. The summed E-state index contributed by atoms with van der Waals surface area (Å²) in [5.74, 6) is 0.698. The van der Waals surface area contributed by atoms with Gasteiger partial charge in [0.1, 0.15) is 10.8 Å². The molecule has 0 bridgehead atoms. The first-order valence-electron chi connectivity index (χ1n) is 11.5. The van der Waals surface area contributed by atoms with Crippen LogP contribution in [0.5, 0.6) is 0 Å². The number of amides is 1. The first kappa shape index (κ1) is 24.3. The van der Waals surface area contributed by atoms with E-state index in [1.165, 1.54) is 4.31 Å². The van der Waals surface area contributed by atoms with Gasteiger partial charge in [0.05, 0.1) is 32.7 Å². The number of hydrogen-bond acceptors (Lipinski definition) is 6. The van der Waals surface area contributed by atoms with E-state index < -0.39 is 10.0 Å². The van der Waals surface area contributed by atoms with Crippen LogP contribution in [0.15, 0.2) is 47.4 Å². The van der Waals surface area contributed by atoms with Crippen molar-refractivity contribution in [3.05, 3.63) is 53.3 Å². The molecule has 2 heterocycles. The third-order valence-electron chi connectivity index (χ3n) is 5.81. The zero-order valence-corrected chi connectivity index (χ0v) is 21.2. The normalized spacial score (nSPS) is 12.1. The molecule has 10 heteroatoms. The molecule has 2 aromatic carbocycles. The summed E-state index contributed by atoms with van der Waals surface area (Å²) in [6.07, 6.45) is 0.755. The van der Waals surface area contributed by atoms with Gasteiger partial charge in [0.25, 0.3) is 0 Å². The average molecular weight is 500 g/mol. The van der Waals surface area contributed by atoms with Crippen molar-refractivity contribution in [2.24, 2.45) is 0 Å². The summed E-state index contributed by atoms with van der Waals surface area (Å²) >= 11 is 1.58. The number of thiazole rings is 1. The summed E-state index contributed by atoms with van der Waals surface area (Å²) in [6.45, 7) is 7.57. The monoisotopic (exact) mass is 499 g/mol. The van der Waals surface area contributed by atoms with Crippen LogP contribution in [0.4, 0.5) is 0 Å². The second-order valence-electron chi connectivity index (χ2n) is 7.86. The largest absolute Gasteiger partial charge is 0.350 e. The molecule has 0 saturated heterocycles. The number of sulfonamides is 1. The van der Waals surface area contributed by atoms with Crippen molar-refractivity contribution in [3.8, 4) is 0 Å². The fourth-order valence-electron chi connectivity index (χ4n) is 4.06. The number of fused-ring (bicyclic) bond motifs is 2. The van der Waals surface area contributed by atoms with Crippen LogP contribution < -0.4 is 5.32 Å². The van der Waals surface area contributed by atoms with E-state index in [0.29, 0.717) is 44.5 Å². The molecule has 0 aliphatic carbocycles. The van der Waals surface area contributed by atoms with E-state index in [1.54, 1.807) is 29.5 Å². The second-order valence-corrected chi connectivity index (χ2v) is 10.9. The van der Waals surface area contributed by atoms with Crippen LogP contribution in [0.2, 0.25) is 0 Å². The molecule has 1 N–H and O–H groups in total. The molecule has 0 aliphatic rings. The highest BCUT2D eigenvalue weighted by Gasteiger charge is 2.23. The van der Waals surface area contributed by atoms with Gasteiger partial charge in [0.15, 0.2) is 0 Å². The average Bonchev–Trinajstić information content (AvgIpc) is 3.41. The number of carbonyl (C=O) groups excluding carboxylic acids is 1. The zero-order valence-electron chi connectivity index (χ0n) is 19.6. The smallest absolute Gasteiger partial charge is 0.243 e. The highest BCUT2D eigenvalue weighted by molar-refractivity contribution is 7.89. The lowest BCUT2D eigenvalue weighted by Crippen LogP contribution is -2.30. The van der Waals surface area contributed by atoms with E-state index in [-0.39, 0.29) is 10.8 Å². The molecule has 2 aromatic heterocycles. The summed E-state index contributed by atoms with van der Waals surface area (Å²) in [5.41, 5.74) is 2.43. The Morgan fingerprint density at radius 2 is 1.82 bits per heavy atom. The molecular formula is C24H29N5O3S2. The van der Waals surface area contributed by atoms with Gasteiger partial charge in [-0.2, -0.15) is 4.31 Å². The van der Waals surface area contributed by atoms with E-state index in [2.05, 4.69) is 15.3 Å². The quantitative estimate of drug-likeness (QED) is 0.356. The van der Waals surface area contributed by atoms with E-state index in [0.717, 1.165) is 26.6 Å². The number of rotatable bonds is 10. The maximum Gasteiger partial charge on any atom is 0.243 e. The lowest BCUT2D eigenvalue weighted by atomic mass is 10.2. The third-order valence-corrected chi connectivity index (χ3v) is 8.89. The molecule has 4 aromatic rings. The van der Waals surface area contributed by atoms with Crippen LogP contribution in [0, 0.1) is 0 Å². The van der Waals surface area contributed by atoms with Crippen LogP contribution in [0.25, 0.3) is 21.3 Å². The maximum absolute atomic E-state index is 12.9. The molecule has 1 amide bonds. The van der Waals surface area contributed by atoms with Crippen LogP contribution in [0.1, 0.15) is 38.0 Å². The number of aromatic nitrogens is 3. The molecule has 180 valence electrons. The van der Waals surface area contributed by atoms with E-state index >= 15 is 0 Å². The Labute approximate surface area is 203 Å².